The Morgan fingerprint density at radius 2 is 1.96 bits per heavy atom. The molecule has 1 aromatic carbocycles. The van der Waals surface area contributed by atoms with Gasteiger partial charge in [-0.25, -0.2) is 9.78 Å². The molecule has 6 heteroatoms. The molecule has 2 rings (SSSR count). The van der Waals surface area contributed by atoms with Gasteiger partial charge in [0.15, 0.2) is 0 Å². The number of esters is 1. The molecular weight excluding hydrogens is 318 g/mol. The zero-order valence-corrected chi connectivity index (χ0v) is 14.7. The number of nitrogens with one attached hydrogen (secondary N) is 2. The van der Waals surface area contributed by atoms with Crippen molar-refractivity contribution in [2.45, 2.75) is 33.2 Å². The monoisotopic (exact) mass is 341 g/mol. The lowest BCUT2D eigenvalue weighted by molar-refractivity contribution is 0.0527. The molecule has 1 heterocycles. The number of ether oxygens (including phenoxy) is 1. The number of pyridine rings is 1. The molecule has 6 nitrogen and oxygen atoms in total. The summed E-state index contributed by atoms with van der Waals surface area (Å²) in [5.74, 6) is -0.140. The van der Waals surface area contributed by atoms with E-state index >= 15 is 0 Å². The van der Waals surface area contributed by atoms with Gasteiger partial charge in [-0.3, -0.25) is 4.79 Å². The molecular formula is C19H23N3O3. The van der Waals surface area contributed by atoms with Crippen LogP contribution in [0.2, 0.25) is 0 Å². The molecule has 1 unspecified atom stereocenters. The molecule has 0 aliphatic rings. The van der Waals surface area contributed by atoms with E-state index < -0.39 is 5.97 Å². The molecule has 132 valence electrons. The summed E-state index contributed by atoms with van der Waals surface area (Å²) in [5.41, 5.74) is 1.20. The molecule has 0 bridgehead atoms. The van der Waals surface area contributed by atoms with Gasteiger partial charge in [-0.2, -0.15) is 0 Å². The summed E-state index contributed by atoms with van der Waals surface area (Å²) in [7, 11) is 0. The normalized spacial score (nSPS) is 11.5. The van der Waals surface area contributed by atoms with Crippen LogP contribution in [0.1, 0.15) is 47.9 Å². The van der Waals surface area contributed by atoms with Gasteiger partial charge >= 0.3 is 5.97 Å². The lowest BCUT2D eigenvalue weighted by Gasteiger charge is -2.13. The standard InChI is InChI=1S/C19H23N3O3/c1-4-13(3)21-17-12-14(10-11-20-17)18(23)22-16-9-7-6-8-15(16)19(24)25-5-2/h6-13H,4-5H2,1-3H3,(H,20,21)(H,22,23). The van der Waals surface area contributed by atoms with Crippen LogP contribution in [0.5, 0.6) is 0 Å². The van der Waals surface area contributed by atoms with Gasteiger partial charge in [-0.1, -0.05) is 19.1 Å². The summed E-state index contributed by atoms with van der Waals surface area (Å²) >= 11 is 0. The van der Waals surface area contributed by atoms with Gasteiger partial charge in [0.1, 0.15) is 5.82 Å². The number of benzene rings is 1. The largest absolute Gasteiger partial charge is 0.462 e. The van der Waals surface area contributed by atoms with Crippen LogP contribution in [0.3, 0.4) is 0 Å². The van der Waals surface area contributed by atoms with Gasteiger partial charge in [0.05, 0.1) is 17.9 Å². The van der Waals surface area contributed by atoms with Gasteiger partial charge < -0.3 is 15.4 Å². The van der Waals surface area contributed by atoms with Crippen molar-refractivity contribution in [1.29, 1.82) is 0 Å². The van der Waals surface area contributed by atoms with E-state index in [1.54, 1.807) is 49.5 Å². The molecule has 0 aliphatic heterocycles. The van der Waals surface area contributed by atoms with E-state index in [0.29, 0.717) is 22.6 Å². The highest BCUT2D eigenvalue weighted by molar-refractivity contribution is 6.08. The second-order valence-electron chi connectivity index (χ2n) is 5.60. The van der Waals surface area contributed by atoms with E-state index in [4.69, 9.17) is 4.74 Å². The molecule has 0 spiro atoms. The van der Waals surface area contributed by atoms with E-state index in [9.17, 15) is 9.59 Å². The van der Waals surface area contributed by atoms with Crippen molar-refractivity contribution in [1.82, 2.24) is 4.98 Å². The number of aromatic nitrogens is 1. The van der Waals surface area contributed by atoms with Crippen molar-refractivity contribution in [3.63, 3.8) is 0 Å². The van der Waals surface area contributed by atoms with Gasteiger partial charge in [0, 0.05) is 17.8 Å². The van der Waals surface area contributed by atoms with Gasteiger partial charge in [0.2, 0.25) is 0 Å². The Hall–Kier alpha value is -2.89. The van der Waals surface area contributed by atoms with Crippen LogP contribution < -0.4 is 10.6 Å². The fourth-order valence-corrected chi connectivity index (χ4v) is 2.18. The molecule has 0 aliphatic carbocycles. The second kappa shape index (κ2) is 8.82. The molecule has 25 heavy (non-hydrogen) atoms. The Morgan fingerprint density at radius 3 is 2.68 bits per heavy atom. The van der Waals surface area contributed by atoms with Crippen LogP contribution in [-0.2, 0) is 4.74 Å². The second-order valence-corrected chi connectivity index (χ2v) is 5.60. The smallest absolute Gasteiger partial charge is 0.340 e. The first-order valence-corrected chi connectivity index (χ1v) is 8.35. The highest BCUT2D eigenvalue weighted by atomic mass is 16.5. The van der Waals surface area contributed by atoms with Crippen LogP contribution in [-0.4, -0.2) is 29.5 Å². The maximum Gasteiger partial charge on any atom is 0.340 e. The Balaban J connectivity index is 2.18. The Morgan fingerprint density at radius 1 is 1.20 bits per heavy atom. The number of carbonyl (C=O) groups is 2. The van der Waals surface area contributed by atoms with Crippen molar-refractivity contribution < 1.29 is 14.3 Å². The molecule has 2 N–H and O–H groups in total. The lowest BCUT2D eigenvalue weighted by Crippen LogP contribution is -2.18. The van der Waals surface area contributed by atoms with E-state index in [1.165, 1.54) is 0 Å². The highest BCUT2D eigenvalue weighted by Gasteiger charge is 2.15. The third kappa shape index (κ3) is 5.04. The zero-order valence-electron chi connectivity index (χ0n) is 14.7. The van der Waals surface area contributed by atoms with Crippen LogP contribution in [0, 0.1) is 0 Å². The van der Waals surface area contributed by atoms with E-state index in [0.717, 1.165) is 6.42 Å². The molecule has 0 fully saturated rings. The summed E-state index contributed by atoms with van der Waals surface area (Å²) in [5, 5.41) is 6.00. The maximum absolute atomic E-state index is 12.5. The lowest BCUT2D eigenvalue weighted by atomic mass is 10.1. The Kier molecular flexibility index (Phi) is 6.51. The third-order valence-corrected chi connectivity index (χ3v) is 3.70. The number of rotatable bonds is 7. The predicted molar refractivity (Wildman–Crippen MR) is 98.0 cm³/mol. The number of amides is 1. The minimum Gasteiger partial charge on any atom is -0.462 e. The molecule has 0 saturated carbocycles. The average molecular weight is 341 g/mol. The summed E-state index contributed by atoms with van der Waals surface area (Å²) in [4.78, 5) is 28.8. The van der Waals surface area contributed by atoms with Crippen LogP contribution in [0.25, 0.3) is 0 Å². The molecule has 2 aromatic rings. The van der Waals surface area contributed by atoms with Crippen molar-refractivity contribution in [2.75, 3.05) is 17.2 Å². The first kappa shape index (κ1) is 18.4. The quantitative estimate of drug-likeness (QED) is 0.750. The predicted octanol–water partition coefficient (Wildman–Crippen LogP) is 3.72. The summed E-state index contributed by atoms with van der Waals surface area (Å²) in [6, 6.07) is 10.3. The first-order chi connectivity index (χ1) is 12.0. The Labute approximate surface area is 147 Å². The molecule has 1 amide bonds. The van der Waals surface area contributed by atoms with Gasteiger partial charge in [-0.05, 0) is 44.5 Å². The fourth-order valence-electron chi connectivity index (χ4n) is 2.18. The fraction of sp³-hybridized carbons (Fsp3) is 0.316. The summed E-state index contributed by atoms with van der Waals surface area (Å²) in [6.07, 6.45) is 2.53. The van der Waals surface area contributed by atoms with Gasteiger partial charge in [0.25, 0.3) is 5.91 Å². The van der Waals surface area contributed by atoms with Crippen molar-refractivity contribution in [3.8, 4) is 0 Å². The zero-order chi connectivity index (χ0) is 18.2. The van der Waals surface area contributed by atoms with Crippen LogP contribution >= 0.6 is 0 Å². The molecule has 0 saturated heterocycles. The van der Waals surface area contributed by atoms with Crippen LogP contribution in [0.15, 0.2) is 42.6 Å². The summed E-state index contributed by atoms with van der Waals surface area (Å²) < 4.78 is 5.02. The molecule has 0 radical (unpaired) electrons. The Bertz CT molecular complexity index is 746. The minimum absolute atomic E-state index is 0.260. The topological polar surface area (TPSA) is 80.3 Å². The summed E-state index contributed by atoms with van der Waals surface area (Å²) in [6.45, 7) is 6.13. The van der Waals surface area contributed by atoms with Crippen LogP contribution in [0.4, 0.5) is 11.5 Å². The SMILES string of the molecule is CCOC(=O)c1ccccc1NC(=O)c1ccnc(NC(C)CC)c1. The minimum atomic E-state index is -0.466. The third-order valence-electron chi connectivity index (χ3n) is 3.70. The maximum atomic E-state index is 12.5. The number of hydrogen-bond acceptors (Lipinski definition) is 5. The average Bonchev–Trinajstić information content (AvgIpc) is 2.62. The number of carbonyl (C=O) groups excluding carboxylic acids is 2. The van der Waals surface area contributed by atoms with Crippen molar-refractivity contribution >= 4 is 23.4 Å². The molecule has 1 atom stereocenters. The van der Waals surface area contributed by atoms with Crippen molar-refractivity contribution in [2.24, 2.45) is 0 Å². The number of nitrogens with zero attached hydrogens (tertiary/aromatic N) is 1. The number of hydrogen-bond donors (Lipinski definition) is 2. The van der Waals surface area contributed by atoms with Gasteiger partial charge in [-0.15, -0.1) is 0 Å². The van der Waals surface area contributed by atoms with E-state index in [1.807, 2.05) is 6.92 Å². The van der Waals surface area contributed by atoms with E-state index in [-0.39, 0.29) is 18.6 Å². The number of para-hydroxylation sites is 1. The van der Waals surface area contributed by atoms with E-state index in [2.05, 4.69) is 22.5 Å². The first-order valence-electron chi connectivity index (χ1n) is 8.35. The highest BCUT2D eigenvalue weighted by Crippen LogP contribution is 2.18. The molecule has 1 aromatic heterocycles. The van der Waals surface area contributed by atoms with Crippen molar-refractivity contribution in [3.05, 3.63) is 53.7 Å². The number of anilines is 2.